The lowest BCUT2D eigenvalue weighted by atomic mass is 10.0. The van der Waals surface area contributed by atoms with E-state index in [1.165, 1.54) is 18.2 Å². The molecule has 0 bridgehead atoms. The third kappa shape index (κ3) is 7.28. The van der Waals surface area contributed by atoms with Crippen molar-refractivity contribution >= 4 is 35.2 Å². The molecule has 1 saturated heterocycles. The van der Waals surface area contributed by atoms with Gasteiger partial charge in [0.25, 0.3) is 17.5 Å². The number of carbonyl (C=O) groups excluding carboxylic acids is 3. The lowest BCUT2D eigenvalue weighted by Crippen LogP contribution is -2.55. The van der Waals surface area contributed by atoms with Gasteiger partial charge in [-0.25, -0.2) is 13.6 Å². The maximum absolute atomic E-state index is 13.9. The third-order valence-electron chi connectivity index (χ3n) is 6.69. The number of urea groups is 1. The molecule has 0 saturated carbocycles. The molecule has 3 aromatic carbocycles. The maximum atomic E-state index is 13.9. The van der Waals surface area contributed by atoms with Crippen LogP contribution in [0.5, 0.6) is 0 Å². The minimum absolute atomic E-state index is 0.0965. The number of non-ortho nitro benzene ring substituents is 1. The zero-order valence-electron chi connectivity index (χ0n) is 23.0. The van der Waals surface area contributed by atoms with Crippen LogP contribution in [-0.2, 0) is 9.59 Å². The molecule has 14 heteroatoms. The molecule has 4 amide bonds. The summed E-state index contributed by atoms with van der Waals surface area (Å²) in [6, 6.07) is 10.4. The van der Waals surface area contributed by atoms with Crippen LogP contribution in [0.3, 0.4) is 0 Å². The summed E-state index contributed by atoms with van der Waals surface area (Å²) in [5, 5.41) is 26.0. The minimum Gasteiger partial charge on any atom is -0.481 e. The van der Waals surface area contributed by atoms with Gasteiger partial charge < -0.3 is 20.6 Å². The summed E-state index contributed by atoms with van der Waals surface area (Å²) in [5.41, 5.74) is 1.46. The number of benzene rings is 3. The van der Waals surface area contributed by atoms with Crippen molar-refractivity contribution in [3.05, 3.63) is 105 Å². The van der Waals surface area contributed by atoms with Crippen molar-refractivity contribution in [1.29, 1.82) is 0 Å². The smallest absolute Gasteiger partial charge is 0.323 e. The number of anilines is 1. The number of aliphatic carboxylic acids is 1. The van der Waals surface area contributed by atoms with Crippen molar-refractivity contribution in [2.24, 2.45) is 0 Å². The van der Waals surface area contributed by atoms with Crippen LogP contribution >= 0.6 is 0 Å². The van der Waals surface area contributed by atoms with Crippen LogP contribution in [0.4, 0.5) is 25.0 Å². The number of amides is 4. The van der Waals surface area contributed by atoms with Crippen LogP contribution in [0.2, 0.25) is 0 Å². The number of carboxylic acids is 1. The van der Waals surface area contributed by atoms with E-state index in [0.717, 1.165) is 39.1 Å². The molecule has 2 atom stereocenters. The number of hydrogen-bond acceptors (Lipinski definition) is 6. The summed E-state index contributed by atoms with van der Waals surface area (Å²) < 4.78 is 27.9. The van der Waals surface area contributed by atoms with Crippen LogP contribution in [0.1, 0.15) is 39.5 Å². The Labute approximate surface area is 244 Å². The highest BCUT2D eigenvalue weighted by molar-refractivity contribution is 6.00. The number of nitro benzene ring substituents is 1. The Balaban J connectivity index is 1.69. The van der Waals surface area contributed by atoms with E-state index in [0.29, 0.717) is 11.8 Å². The Morgan fingerprint density at radius 2 is 1.60 bits per heavy atom. The molecule has 0 spiro atoms. The largest absolute Gasteiger partial charge is 0.481 e. The first kappa shape index (κ1) is 30.6. The zero-order valence-corrected chi connectivity index (χ0v) is 23.0. The average Bonchev–Trinajstić information content (AvgIpc) is 3.36. The maximum Gasteiger partial charge on any atom is 0.323 e. The number of halogens is 2. The standard InChI is InChI=1S/C29H27F2N5O7/c1-16-8-17(2)10-22(9-16)32-29(41)35-7-6-34(28(40)19-11-20(30)14-21(31)12-19)27(35)26(39)33-24(15-25(37)38)18-4-3-5-23(13-18)36(42)43/h3-5,8-14,24,27H,6-7,15H2,1-2H3,(H,32,41)(H,33,39)(H,37,38). The minimum atomic E-state index is -1.67. The van der Waals surface area contributed by atoms with Gasteiger partial charge in [-0.15, -0.1) is 0 Å². The van der Waals surface area contributed by atoms with Gasteiger partial charge in [0.1, 0.15) is 11.6 Å². The predicted octanol–water partition coefficient (Wildman–Crippen LogP) is 4.14. The van der Waals surface area contributed by atoms with Crippen LogP contribution in [-0.4, -0.2) is 62.9 Å². The lowest BCUT2D eigenvalue weighted by Gasteiger charge is -2.31. The highest BCUT2D eigenvalue weighted by Gasteiger charge is 2.44. The quantitative estimate of drug-likeness (QED) is 0.260. The first-order valence-corrected chi connectivity index (χ1v) is 13.0. The molecule has 3 N–H and O–H groups in total. The summed E-state index contributed by atoms with van der Waals surface area (Å²) in [6.07, 6.45) is -2.35. The predicted molar refractivity (Wildman–Crippen MR) is 149 cm³/mol. The molecule has 3 aromatic rings. The molecular weight excluding hydrogens is 568 g/mol. The summed E-state index contributed by atoms with van der Waals surface area (Å²) in [7, 11) is 0. The second-order valence-corrected chi connectivity index (χ2v) is 10.0. The van der Waals surface area contributed by atoms with Crippen LogP contribution in [0, 0.1) is 35.6 Å². The molecule has 12 nitrogen and oxygen atoms in total. The summed E-state index contributed by atoms with van der Waals surface area (Å²) >= 11 is 0. The van der Waals surface area contributed by atoms with Crippen LogP contribution < -0.4 is 10.6 Å². The Bertz CT molecular complexity index is 1580. The van der Waals surface area contributed by atoms with Crippen LogP contribution in [0.25, 0.3) is 0 Å². The summed E-state index contributed by atoms with van der Waals surface area (Å²) in [5.74, 6) is -5.34. The molecule has 0 aromatic heterocycles. The number of nitro groups is 1. The Kier molecular flexibility index (Phi) is 8.98. The number of rotatable bonds is 8. The number of hydrogen-bond donors (Lipinski definition) is 3. The third-order valence-corrected chi connectivity index (χ3v) is 6.69. The highest BCUT2D eigenvalue weighted by Crippen LogP contribution is 2.26. The van der Waals surface area contributed by atoms with Gasteiger partial charge in [-0.3, -0.25) is 29.4 Å². The Morgan fingerprint density at radius 3 is 2.21 bits per heavy atom. The fraction of sp³-hybridized carbons (Fsp3) is 0.241. The fourth-order valence-corrected chi connectivity index (χ4v) is 4.95. The highest BCUT2D eigenvalue weighted by atomic mass is 19.1. The number of carboxylic acid groups (broad SMARTS) is 1. The van der Waals surface area contributed by atoms with E-state index in [4.69, 9.17) is 0 Å². The molecule has 1 fully saturated rings. The van der Waals surface area contributed by atoms with E-state index in [1.54, 1.807) is 12.1 Å². The van der Waals surface area contributed by atoms with Gasteiger partial charge in [0.2, 0.25) is 0 Å². The van der Waals surface area contributed by atoms with E-state index in [-0.39, 0.29) is 24.3 Å². The van der Waals surface area contributed by atoms with Crippen molar-refractivity contribution in [1.82, 2.24) is 15.1 Å². The van der Waals surface area contributed by atoms with Gasteiger partial charge in [-0.05, 0) is 54.8 Å². The molecule has 1 aliphatic heterocycles. The molecule has 0 radical (unpaired) electrons. The number of nitrogens with one attached hydrogen (secondary N) is 2. The molecule has 2 unspecified atom stereocenters. The van der Waals surface area contributed by atoms with E-state index >= 15 is 0 Å². The molecule has 1 aliphatic rings. The van der Waals surface area contributed by atoms with Gasteiger partial charge in [-0.2, -0.15) is 0 Å². The molecule has 1 heterocycles. The van der Waals surface area contributed by atoms with Crippen LogP contribution in [0.15, 0.2) is 60.7 Å². The summed E-state index contributed by atoms with van der Waals surface area (Å²) in [4.78, 5) is 64.9. The monoisotopic (exact) mass is 595 g/mol. The second kappa shape index (κ2) is 12.6. The van der Waals surface area contributed by atoms with Crippen molar-refractivity contribution in [2.75, 3.05) is 18.4 Å². The molecule has 4 rings (SSSR count). The number of aryl methyl sites for hydroxylation is 2. The van der Waals surface area contributed by atoms with Gasteiger partial charge in [0.05, 0.1) is 17.4 Å². The summed E-state index contributed by atoms with van der Waals surface area (Å²) in [6.45, 7) is 3.29. The Hall–Kier alpha value is -5.40. The molecular formula is C29H27F2N5O7. The number of nitrogens with zero attached hydrogens (tertiary/aromatic N) is 3. The van der Waals surface area contributed by atoms with Crippen molar-refractivity contribution in [3.63, 3.8) is 0 Å². The molecule has 224 valence electrons. The molecule has 0 aliphatic carbocycles. The second-order valence-electron chi connectivity index (χ2n) is 10.0. The van der Waals surface area contributed by atoms with E-state index in [2.05, 4.69) is 10.6 Å². The van der Waals surface area contributed by atoms with Crippen molar-refractivity contribution < 1.29 is 38.0 Å². The van der Waals surface area contributed by atoms with Crippen molar-refractivity contribution in [2.45, 2.75) is 32.5 Å². The topological polar surface area (TPSA) is 162 Å². The Morgan fingerprint density at radius 1 is 0.977 bits per heavy atom. The SMILES string of the molecule is Cc1cc(C)cc(NC(=O)N2CCN(C(=O)c3cc(F)cc(F)c3)C2C(=O)NC(CC(=O)O)c2cccc([N+](=O)[O-])c2)c1. The van der Waals surface area contributed by atoms with E-state index in [1.807, 2.05) is 19.9 Å². The van der Waals surface area contributed by atoms with E-state index in [9.17, 15) is 43.2 Å². The van der Waals surface area contributed by atoms with Gasteiger partial charge in [0, 0.05) is 42.5 Å². The van der Waals surface area contributed by atoms with Gasteiger partial charge in [-0.1, -0.05) is 18.2 Å². The first-order valence-electron chi connectivity index (χ1n) is 13.0. The zero-order chi connectivity index (χ0) is 31.4. The normalized spacial score (nSPS) is 15.1. The number of carbonyl (C=O) groups is 4. The average molecular weight is 596 g/mol. The lowest BCUT2D eigenvalue weighted by molar-refractivity contribution is -0.384. The fourth-order valence-electron chi connectivity index (χ4n) is 4.95. The van der Waals surface area contributed by atoms with E-state index < -0.39 is 64.6 Å². The van der Waals surface area contributed by atoms with Gasteiger partial charge >= 0.3 is 12.0 Å². The van der Waals surface area contributed by atoms with Gasteiger partial charge in [0.15, 0.2) is 6.17 Å². The first-order chi connectivity index (χ1) is 20.3. The molecule has 43 heavy (non-hydrogen) atoms. The van der Waals surface area contributed by atoms with Crippen molar-refractivity contribution in [3.8, 4) is 0 Å².